The van der Waals surface area contributed by atoms with Gasteiger partial charge in [0, 0.05) is 6.20 Å². The van der Waals surface area contributed by atoms with E-state index in [9.17, 15) is 24.3 Å². The highest BCUT2D eigenvalue weighted by atomic mass is 16.5. The predicted molar refractivity (Wildman–Crippen MR) is 164 cm³/mol. The molecule has 2 atom stereocenters. The zero-order valence-electron chi connectivity index (χ0n) is 25.9. The minimum Gasteiger partial charge on any atom is -0.479 e. The van der Waals surface area contributed by atoms with Gasteiger partial charge in [0.15, 0.2) is 11.9 Å². The first-order valence-corrected chi connectivity index (χ1v) is 14.2. The van der Waals surface area contributed by atoms with Gasteiger partial charge in [0.25, 0.3) is 5.91 Å². The summed E-state index contributed by atoms with van der Waals surface area (Å²) in [6.45, 7) is 10.6. The minimum absolute atomic E-state index is 0.0836. The number of hydrogen-bond acceptors (Lipinski definition) is 7. The quantitative estimate of drug-likeness (QED) is 0.226. The second-order valence-electron chi connectivity index (χ2n) is 12.2. The second kappa shape index (κ2) is 14.6. The zero-order chi connectivity index (χ0) is 32.5. The Bertz CT molecular complexity index is 1450. The Kier molecular flexibility index (Phi) is 11.2. The summed E-state index contributed by atoms with van der Waals surface area (Å²) in [5.74, 6) is -2.31. The fourth-order valence-electron chi connectivity index (χ4n) is 4.09. The van der Waals surface area contributed by atoms with Gasteiger partial charge in [0.2, 0.25) is 5.91 Å². The summed E-state index contributed by atoms with van der Waals surface area (Å²) in [7, 11) is 0. The van der Waals surface area contributed by atoms with Gasteiger partial charge in [0.1, 0.15) is 11.6 Å². The van der Waals surface area contributed by atoms with Gasteiger partial charge in [-0.25, -0.2) is 14.6 Å². The van der Waals surface area contributed by atoms with Crippen molar-refractivity contribution in [2.24, 2.45) is 5.41 Å². The van der Waals surface area contributed by atoms with E-state index in [1.807, 2.05) is 70.2 Å². The molecule has 2 aromatic carbocycles. The molecule has 0 saturated heterocycles. The van der Waals surface area contributed by atoms with Crippen molar-refractivity contribution in [1.82, 2.24) is 20.2 Å². The molecular weight excluding hydrogens is 566 g/mol. The lowest BCUT2D eigenvalue weighted by Crippen LogP contribution is -2.59. The minimum atomic E-state index is -1.43. The van der Waals surface area contributed by atoms with E-state index >= 15 is 0 Å². The Morgan fingerprint density at radius 3 is 2.27 bits per heavy atom. The van der Waals surface area contributed by atoms with Gasteiger partial charge in [-0.2, -0.15) is 0 Å². The van der Waals surface area contributed by atoms with Gasteiger partial charge in [-0.05, 0) is 42.9 Å². The Morgan fingerprint density at radius 1 is 0.977 bits per heavy atom. The molecule has 0 aliphatic heterocycles. The van der Waals surface area contributed by atoms with Gasteiger partial charge in [-0.3, -0.25) is 9.59 Å². The fourth-order valence-corrected chi connectivity index (χ4v) is 4.09. The molecule has 0 saturated carbocycles. The molecule has 0 aliphatic rings. The van der Waals surface area contributed by atoms with Crippen molar-refractivity contribution in [3.05, 3.63) is 83.8 Å². The molecule has 3 amide bonds. The molecule has 0 fully saturated rings. The van der Waals surface area contributed by atoms with Gasteiger partial charge < -0.3 is 35.1 Å². The van der Waals surface area contributed by atoms with Crippen LogP contribution < -0.4 is 16.0 Å². The van der Waals surface area contributed by atoms with Crippen molar-refractivity contribution in [2.45, 2.75) is 65.8 Å². The second-order valence-corrected chi connectivity index (χ2v) is 12.2. The van der Waals surface area contributed by atoms with E-state index in [4.69, 9.17) is 9.47 Å². The van der Waals surface area contributed by atoms with Crippen molar-refractivity contribution >= 4 is 29.7 Å². The number of aromatic nitrogens is 2. The number of carboxylic acid groups (broad SMARTS) is 1. The number of rotatable bonds is 13. The number of ether oxygens (including phenoxy) is 2. The number of carboxylic acids is 1. The molecule has 12 heteroatoms. The summed E-state index contributed by atoms with van der Waals surface area (Å²) < 4.78 is 12.4. The van der Waals surface area contributed by atoms with Crippen LogP contribution in [0, 0.1) is 12.3 Å². The molecule has 4 N–H and O–H groups in total. The van der Waals surface area contributed by atoms with Crippen LogP contribution in [0.15, 0.2) is 67.1 Å². The zero-order valence-corrected chi connectivity index (χ0v) is 25.9. The molecule has 236 valence electrons. The predicted octanol–water partition coefficient (Wildman–Crippen LogP) is 4.06. The number of imidazole rings is 1. The van der Waals surface area contributed by atoms with Gasteiger partial charge in [-0.15, -0.1) is 0 Å². The number of alkyl carbamates (subject to hydrolysis) is 1. The van der Waals surface area contributed by atoms with Crippen molar-refractivity contribution in [2.75, 3.05) is 18.5 Å². The van der Waals surface area contributed by atoms with Crippen LogP contribution in [0.5, 0.6) is 0 Å². The highest BCUT2D eigenvalue weighted by molar-refractivity contribution is 5.98. The molecule has 12 nitrogen and oxygen atoms in total. The summed E-state index contributed by atoms with van der Waals surface area (Å²) in [5, 5.41) is 17.8. The number of nitrogens with one attached hydrogen (secondary N) is 3. The van der Waals surface area contributed by atoms with Crippen molar-refractivity contribution in [3.8, 4) is 0 Å². The number of aryl methyl sites for hydroxylation is 1. The van der Waals surface area contributed by atoms with Crippen molar-refractivity contribution in [3.63, 3.8) is 0 Å². The monoisotopic (exact) mass is 607 g/mol. The molecule has 3 aromatic rings. The van der Waals surface area contributed by atoms with Crippen LogP contribution in [0.3, 0.4) is 0 Å². The first-order valence-electron chi connectivity index (χ1n) is 14.2. The maximum Gasteiger partial charge on any atom is 0.407 e. The largest absolute Gasteiger partial charge is 0.479 e. The highest BCUT2D eigenvalue weighted by Gasteiger charge is 2.34. The third kappa shape index (κ3) is 9.94. The van der Waals surface area contributed by atoms with E-state index < -0.39 is 41.5 Å². The Balaban J connectivity index is 1.75. The number of carbonyl (C=O) groups excluding carboxylic acids is 3. The normalized spacial score (nSPS) is 13.0. The lowest BCUT2D eigenvalue weighted by Gasteiger charge is -2.28. The Morgan fingerprint density at radius 2 is 1.64 bits per heavy atom. The summed E-state index contributed by atoms with van der Waals surface area (Å²) in [6.07, 6.45) is 1.95. The van der Waals surface area contributed by atoms with Crippen molar-refractivity contribution in [1.29, 1.82) is 0 Å². The molecule has 1 unspecified atom stereocenters. The van der Waals surface area contributed by atoms with Crippen LogP contribution in [0.1, 0.15) is 57.4 Å². The number of benzene rings is 2. The SMILES string of the molecule is Cc1ccccc1C(C(=O)O)n1cnc(NC(=O)[C@@H](COCc2ccccc2)NC(=O)C(C)(C)NC(=O)OCC(C)(C)C)c1. The maximum atomic E-state index is 13.4. The first-order chi connectivity index (χ1) is 20.7. The Labute approximate surface area is 257 Å². The van der Waals surface area contributed by atoms with Crippen LogP contribution >= 0.6 is 0 Å². The summed E-state index contributed by atoms with van der Waals surface area (Å²) in [6, 6.07) is 14.2. The van der Waals surface area contributed by atoms with Crippen molar-refractivity contribution < 1.29 is 33.8 Å². The fraction of sp³-hybridized carbons (Fsp3) is 0.406. The van der Waals surface area contributed by atoms with E-state index in [-0.39, 0.29) is 31.1 Å². The average molecular weight is 608 g/mol. The van der Waals surface area contributed by atoms with Gasteiger partial charge in [0.05, 0.1) is 26.1 Å². The van der Waals surface area contributed by atoms with E-state index in [1.54, 1.807) is 12.1 Å². The molecule has 1 heterocycles. The standard InChI is InChI=1S/C32H41N5O7/c1-21-12-10-11-15-23(21)26(28(39)40)37-16-25(33-20-37)35-27(38)24(18-43-17-22-13-8-7-9-14-22)34-29(41)32(5,6)36-30(42)44-19-31(2,3)4/h7-16,20,24,26H,17-19H2,1-6H3,(H,34,41)(H,35,38)(H,36,42)(H,39,40)/t24-,26?/m1/s1. The van der Waals surface area contributed by atoms with Crippen LogP contribution in [0.2, 0.25) is 0 Å². The smallest absolute Gasteiger partial charge is 0.407 e. The number of carbonyl (C=O) groups is 4. The van der Waals surface area contributed by atoms with Gasteiger partial charge in [-0.1, -0.05) is 75.4 Å². The molecule has 1 aromatic heterocycles. The van der Waals surface area contributed by atoms with Crippen LogP contribution in [0.25, 0.3) is 0 Å². The lowest BCUT2D eigenvalue weighted by atomic mass is 9.99. The third-order valence-corrected chi connectivity index (χ3v) is 6.50. The molecular formula is C32H41N5O7. The highest BCUT2D eigenvalue weighted by Crippen LogP contribution is 2.23. The molecule has 0 aliphatic carbocycles. The summed E-state index contributed by atoms with van der Waals surface area (Å²) in [5.41, 5.74) is 0.537. The maximum absolute atomic E-state index is 13.4. The average Bonchev–Trinajstić information content (AvgIpc) is 3.39. The van der Waals surface area contributed by atoms with E-state index in [0.717, 1.165) is 11.1 Å². The molecule has 0 radical (unpaired) electrons. The molecule has 3 rings (SSSR count). The number of hydrogen-bond donors (Lipinski definition) is 4. The number of anilines is 1. The number of aliphatic carboxylic acids is 1. The van der Waals surface area contributed by atoms with Gasteiger partial charge >= 0.3 is 12.1 Å². The number of nitrogens with zero attached hydrogens (tertiary/aromatic N) is 2. The lowest BCUT2D eigenvalue weighted by molar-refractivity contribution is -0.139. The topological polar surface area (TPSA) is 161 Å². The Hall–Kier alpha value is -4.71. The molecule has 44 heavy (non-hydrogen) atoms. The molecule has 0 bridgehead atoms. The third-order valence-electron chi connectivity index (χ3n) is 6.50. The summed E-state index contributed by atoms with van der Waals surface area (Å²) in [4.78, 5) is 55.4. The van der Waals surface area contributed by atoms with E-state index in [1.165, 1.54) is 30.9 Å². The van der Waals surface area contributed by atoms with Crippen LogP contribution in [-0.2, 0) is 30.5 Å². The number of amides is 3. The molecule has 0 spiro atoms. The first kappa shape index (κ1) is 33.8. The van der Waals surface area contributed by atoms with E-state index in [2.05, 4.69) is 20.9 Å². The van der Waals surface area contributed by atoms with Crippen LogP contribution in [0.4, 0.5) is 10.6 Å². The van der Waals surface area contributed by atoms with E-state index in [0.29, 0.717) is 5.56 Å². The summed E-state index contributed by atoms with van der Waals surface area (Å²) >= 11 is 0. The van der Waals surface area contributed by atoms with Crippen LogP contribution in [-0.4, -0.2) is 63.3 Å².